The third kappa shape index (κ3) is 2.23. The van der Waals surface area contributed by atoms with Gasteiger partial charge in [-0.25, -0.2) is 0 Å². The lowest BCUT2D eigenvalue weighted by molar-refractivity contribution is 0.275. The number of para-hydroxylation sites is 1. The molecule has 2 rings (SSSR count). The average Bonchev–Trinajstić information content (AvgIpc) is 2.33. The Kier molecular flexibility index (Phi) is 3.22. The van der Waals surface area contributed by atoms with E-state index in [9.17, 15) is 5.11 Å². The Hall–Kier alpha value is -1.80. The molecule has 0 fully saturated rings. The van der Waals surface area contributed by atoms with E-state index in [0.717, 1.165) is 11.1 Å². The van der Waals surface area contributed by atoms with Crippen molar-refractivity contribution >= 4 is 0 Å². The molecule has 2 N–H and O–H groups in total. The molecule has 0 aliphatic heterocycles. The van der Waals surface area contributed by atoms with E-state index in [2.05, 4.69) is 0 Å². The summed E-state index contributed by atoms with van der Waals surface area (Å²) in [6.07, 6.45) is 0.681. The number of phenols is 1. The molecule has 0 radical (unpaired) electrons. The van der Waals surface area contributed by atoms with Gasteiger partial charge in [-0.05, 0) is 11.1 Å². The summed E-state index contributed by atoms with van der Waals surface area (Å²) in [5, 5.41) is 18.9. The predicted molar refractivity (Wildman–Crippen MR) is 63.3 cm³/mol. The summed E-state index contributed by atoms with van der Waals surface area (Å²) < 4.78 is 0. The summed E-state index contributed by atoms with van der Waals surface area (Å²) in [5.74, 6) is 0.203. The van der Waals surface area contributed by atoms with Crippen molar-refractivity contribution < 1.29 is 10.2 Å². The molecule has 2 aromatic carbocycles. The topological polar surface area (TPSA) is 40.5 Å². The largest absolute Gasteiger partial charge is 0.507 e. The van der Waals surface area contributed by atoms with Gasteiger partial charge in [0, 0.05) is 12.0 Å². The fourth-order valence-electron chi connectivity index (χ4n) is 1.73. The number of aromatic hydroxyl groups is 1. The normalized spacial score (nSPS) is 10.3. The number of hydrogen-bond acceptors (Lipinski definition) is 2. The quantitative estimate of drug-likeness (QED) is 0.824. The van der Waals surface area contributed by atoms with E-state index >= 15 is 0 Å². The summed E-state index contributed by atoms with van der Waals surface area (Å²) in [6, 6.07) is 15.4. The maximum Gasteiger partial charge on any atom is 0.124 e. The van der Waals surface area contributed by atoms with Gasteiger partial charge in [-0.15, -0.1) is 0 Å². The summed E-state index contributed by atoms with van der Waals surface area (Å²) >= 11 is 0. The summed E-state index contributed by atoms with van der Waals surface area (Å²) in [5.41, 5.74) is 2.57. The zero-order valence-corrected chi connectivity index (χ0v) is 8.93. The molecule has 0 spiro atoms. The highest BCUT2D eigenvalue weighted by molar-refractivity contribution is 5.42. The molecule has 0 aliphatic carbocycles. The van der Waals surface area contributed by atoms with E-state index in [1.54, 1.807) is 6.07 Å². The standard InChI is InChI=1S/C14H14O2/c15-10-13-8-4-7-12(14(13)16)9-11-5-2-1-3-6-11/h1-8,15-16H,9-10H2. The molecule has 2 nitrogen and oxygen atoms in total. The van der Waals surface area contributed by atoms with Crippen LogP contribution in [0.25, 0.3) is 0 Å². The fraction of sp³-hybridized carbons (Fsp3) is 0.143. The van der Waals surface area contributed by atoms with Gasteiger partial charge in [0.1, 0.15) is 5.75 Å². The lowest BCUT2D eigenvalue weighted by Gasteiger charge is -2.08. The molecule has 2 aromatic rings. The smallest absolute Gasteiger partial charge is 0.124 e. The van der Waals surface area contributed by atoms with E-state index in [1.807, 2.05) is 42.5 Å². The molecule has 0 heterocycles. The number of rotatable bonds is 3. The van der Waals surface area contributed by atoms with E-state index in [-0.39, 0.29) is 12.4 Å². The number of hydrogen-bond donors (Lipinski definition) is 2. The van der Waals surface area contributed by atoms with Crippen LogP contribution in [-0.4, -0.2) is 10.2 Å². The minimum absolute atomic E-state index is 0.130. The molecular formula is C14H14O2. The van der Waals surface area contributed by atoms with Crippen LogP contribution in [0.5, 0.6) is 5.75 Å². The number of benzene rings is 2. The Balaban J connectivity index is 2.28. The molecule has 0 saturated heterocycles. The number of aliphatic hydroxyl groups is 1. The highest BCUT2D eigenvalue weighted by Gasteiger charge is 2.06. The Morgan fingerprint density at radius 1 is 0.812 bits per heavy atom. The van der Waals surface area contributed by atoms with Crippen molar-refractivity contribution in [1.29, 1.82) is 0 Å². The molecule has 2 heteroatoms. The van der Waals surface area contributed by atoms with Gasteiger partial charge in [-0.3, -0.25) is 0 Å². The molecule has 0 unspecified atom stereocenters. The first-order chi connectivity index (χ1) is 7.81. The minimum atomic E-state index is -0.130. The maximum atomic E-state index is 9.89. The second-order valence-electron chi connectivity index (χ2n) is 3.75. The first-order valence-corrected chi connectivity index (χ1v) is 5.26. The van der Waals surface area contributed by atoms with E-state index in [0.29, 0.717) is 12.0 Å². The molecule has 0 aromatic heterocycles. The van der Waals surface area contributed by atoms with Crippen molar-refractivity contribution in [2.45, 2.75) is 13.0 Å². The lowest BCUT2D eigenvalue weighted by atomic mass is 10.0. The zero-order valence-electron chi connectivity index (χ0n) is 8.93. The van der Waals surface area contributed by atoms with E-state index in [4.69, 9.17) is 5.11 Å². The molecule has 0 bridgehead atoms. The fourth-order valence-corrected chi connectivity index (χ4v) is 1.73. The average molecular weight is 214 g/mol. The van der Waals surface area contributed by atoms with Gasteiger partial charge >= 0.3 is 0 Å². The first kappa shape index (κ1) is 10.7. The molecule has 0 aliphatic rings. The van der Waals surface area contributed by atoms with Crippen molar-refractivity contribution in [2.75, 3.05) is 0 Å². The Bertz CT molecular complexity index is 463. The highest BCUT2D eigenvalue weighted by Crippen LogP contribution is 2.24. The number of aliphatic hydroxyl groups excluding tert-OH is 1. The molecule has 0 saturated carbocycles. The molecule has 16 heavy (non-hydrogen) atoms. The SMILES string of the molecule is OCc1cccc(Cc2ccccc2)c1O. The van der Waals surface area contributed by atoms with Gasteiger partial charge in [-0.1, -0.05) is 48.5 Å². The van der Waals surface area contributed by atoms with Crippen molar-refractivity contribution in [1.82, 2.24) is 0 Å². The first-order valence-electron chi connectivity index (χ1n) is 5.26. The van der Waals surface area contributed by atoms with Gasteiger partial charge in [0.2, 0.25) is 0 Å². The second-order valence-corrected chi connectivity index (χ2v) is 3.75. The molecule has 0 amide bonds. The van der Waals surface area contributed by atoms with Crippen molar-refractivity contribution in [3.8, 4) is 5.75 Å². The van der Waals surface area contributed by atoms with Crippen molar-refractivity contribution in [3.05, 3.63) is 65.2 Å². The van der Waals surface area contributed by atoms with Crippen LogP contribution in [-0.2, 0) is 13.0 Å². The summed E-state index contributed by atoms with van der Waals surface area (Å²) in [6.45, 7) is -0.130. The monoisotopic (exact) mass is 214 g/mol. The van der Waals surface area contributed by atoms with Crippen LogP contribution in [0.1, 0.15) is 16.7 Å². The zero-order chi connectivity index (χ0) is 11.4. The van der Waals surface area contributed by atoms with Crippen LogP contribution in [0.15, 0.2) is 48.5 Å². The molecule has 0 atom stereocenters. The lowest BCUT2D eigenvalue weighted by Crippen LogP contribution is -1.92. The van der Waals surface area contributed by atoms with Gasteiger partial charge < -0.3 is 10.2 Å². The minimum Gasteiger partial charge on any atom is -0.507 e. The van der Waals surface area contributed by atoms with Crippen LogP contribution < -0.4 is 0 Å². The third-order valence-corrected chi connectivity index (χ3v) is 2.61. The Morgan fingerprint density at radius 2 is 1.50 bits per heavy atom. The van der Waals surface area contributed by atoms with Crippen LogP contribution in [0.3, 0.4) is 0 Å². The van der Waals surface area contributed by atoms with E-state index < -0.39 is 0 Å². The second kappa shape index (κ2) is 4.81. The molecule has 82 valence electrons. The Labute approximate surface area is 94.8 Å². The van der Waals surface area contributed by atoms with Gasteiger partial charge in [0.15, 0.2) is 0 Å². The van der Waals surface area contributed by atoms with Crippen LogP contribution in [0.2, 0.25) is 0 Å². The van der Waals surface area contributed by atoms with Crippen LogP contribution >= 0.6 is 0 Å². The van der Waals surface area contributed by atoms with Gasteiger partial charge in [-0.2, -0.15) is 0 Å². The third-order valence-electron chi connectivity index (χ3n) is 2.61. The van der Waals surface area contributed by atoms with Gasteiger partial charge in [0.05, 0.1) is 6.61 Å². The van der Waals surface area contributed by atoms with Crippen LogP contribution in [0.4, 0.5) is 0 Å². The van der Waals surface area contributed by atoms with Crippen LogP contribution in [0, 0.1) is 0 Å². The summed E-state index contributed by atoms with van der Waals surface area (Å²) in [4.78, 5) is 0. The van der Waals surface area contributed by atoms with E-state index in [1.165, 1.54) is 0 Å². The predicted octanol–water partition coefficient (Wildman–Crippen LogP) is 2.48. The highest BCUT2D eigenvalue weighted by atomic mass is 16.3. The van der Waals surface area contributed by atoms with Crippen molar-refractivity contribution in [3.63, 3.8) is 0 Å². The maximum absolute atomic E-state index is 9.89. The van der Waals surface area contributed by atoms with Crippen molar-refractivity contribution in [2.24, 2.45) is 0 Å². The Morgan fingerprint density at radius 3 is 2.19 bits per heavy atom. The summed E-state index contributed by atoms with van der Waals surface area (Å²) in [7, 11) is 0. The molecular weight excluding hydrogens is 200 g/mol. The van der Waals surface area contributed by atoms with Gasteiger partial charge in [0.25, 0.3) is 0 Å².